The highest BCUT2D eigenvalue weighted by atomic mass is 32.2. The molecule has 4 saturated carbocycles. The first kappa shape index (κ1) is 30.3. The maximum atomic E-state index is 12.6. The Hall–Kier alpha value is -0.620. The summed E-state index contributed by atoms with van der Waals surface area (Å²) in [5, 5.41) is 3.08. The summed E-state index contributed by atoms with van der Waals surface area (Å²) in [6.07, 6.45) is 18.9. The molecule has 0 aromatic heterocycles. The molecule has 4 fully saturated rings. The third kappa shape index (κ3) is 6.02. The first-order chi connectivity index (χ1) is 17.8. The second-order valence-electron chi connectivity index (χ2n) is 15.0. The lowest BCUT2D eigenvalue weighted by Gasteiger charge is -2.61. The average molecular weight is 552 g/mol. The van der Waals surface area contributed by atoms with E-state index in [0.29, 0.717) is 36.1 Å². The van der Waals surface area contributed by atoms with Gasteiger partial charge in [0, 0.05) is 13.0 Å². The van der Waals surface area contributed by atoms with Gasteiger partial charge in [0.2, 0.25) is 5.91 Å². The minimum absolute atomic E-state index is 0.155. The van der Waals surface area contributed by atoms with E-state index < -0.39 is 14.9 Å². The lowest BCUT2D eigenvalue weighted by atomic mass is 9.44. The van der Waals surface area contributed by atoms with Gasteiger partial charge in [0.1, 0.15) is 0 Å². The molecule has 2 N–H and O–H groups in total. The second kappa shape index (κ2) is 11.7. The van der Waals surface area contributed by atoms with Gasteiger partial charge in [0.15, 0.2) is 0 Å². The smallest absolute Gasteiger partial charge is 0.270 e. The molecule has 220 valence electrons. The molecule has 0 bridgehead atoms. The molecule has 6 heteroatoms. The van der Waals surface area contributed by atoms with Crippen molar-refractivity contribution < 1.29 is 17.8 Å². The van der Waals surface area contributed by atoms with E-state index >= 15 is 0 Å². The standard InChI is InChI=1S/C32H57NO4S/c1-23(12-17-29(34)33-22-10-6-8-19-30(2,3)38(35,36)37)26-15-16-27-25-14-13-24-11-7-9-20-31(24,4)28(25)18-21-32(26,27)5/h23-28H,6-22H2,1-5H3,(H,33,34)(H,35,36,37)/t23-,24?,25?,26-,27?,28?,31+,32-/m1/s1. The van der Waals surface area contributed by atoms with E-state index in [1.807, 2.05) is 0 Å². The highest BCUT2D eigenvalue weighted by Gasteiger charge is 2.60. The Morgan fingerprint density at radius 3 is 2.42 bits per heavy atom. The van der Waals surface area contributed by atoms with Crippen molar-refractivity contribution in [3.05, 3.63) is 0 Å². The maximum absolute atomic E-state index is 12.6. The molecule has 4 aliphatic carbocycles. The highest BCUT2D eigenvalue weighted by molar-refractivity contribution is 7.87. The van der Waals surface area contributed by atoms with Gasteiger partial charge < -0.3 is 5.32 Å². The fourth-order valence-corrected chi connectivity index (χ4v) is 10.5. The molecule has 0 saturated heterocycles. The zero-order chi connectivity index (χ0) is 27.8. The van der Waals surface area contributed by atoms with Crippen LogP contribution in [-0.2, 0) is 14.9 Å². The van der Waals surface area contributed by atoms with Crippen LogP contribution in [0.25, 0.3) is 0 Å². The summed E-state index contributed by atoms with van der Waals surface area (Å²) in [6, 6.07) is 0. The normalized spacial score (nSPS) is 38.1. The van der Waals surface area contributed by atoms with E-state index in [1.165, 1.54) is 64.2 Å². The van der Waals surface area contributed by atoms with Gasteiger partial charge in [0.05, 0.1) is 4.75 Å². The quantitative estimate of drug-likeness (QED) is 0.203. The fourth-order valence-electron chi connectivity index (χ4n) is 10.1. The number of hydrogen-bond acceptors (Lipinski definition) is 3. The van der Waals surface area contributed by atoms with Crippen LogP contribution in [-0.4, -0.2) is 30.2 Å². The van der Waals surface area contributed by atoms with Crippen molar-refractivity contribution in [2.75, 3.05) is 6.54 Å². The summed E-state index contributed by atoms with van der Waals surface area (Å²) in [5.74, 6) is 5.28. The monoisotopic (exact) mass is 551 g/mol. The predicted octanol–water partition coefficient (Wildman–Crippen LogP) is 7.79. The van der Waals surface area contributed by atoms with Crippen molar-refractivity contribution >= 4 is 16.0 Å². The summed E-state index contributed by atoms with van der Waals surface area (Å²) >= 11 is 0. The van der Waals surface area contributed by atoms with Gasteiger partial charge in [-0.3, -0.25) is 9.35 Å². The van der Waals surface area contributed by atoms with Crippen LogP contribution in [0.2, 0.25) is 0 Å². The highest BCUT2D eigenvalue weighted by Crippen LogP contribution is 2.68. The van der Waals surface area contributed by atoms with Crippen molar-refractivity contribution in [1.82, 2.24) is 5.32 Å². The molecular weight excluding hydrogens is 494 g/mol. The minimum atomic E-state index is -4.03. The topological polar surface area (TPSA) is 83.5 Å². The molecule has 0 aromatic rings. The van der Waals surface area contributed by atoms with E-state index in [-0.39, 0.29) is 5.91 Å². The summed E-state index contributed by atoms with van der Waals surface area (Å²) in [6.45, 7) is 11.5. The Balaban J connectivity index is 1.20. The summed E-state index contributed by atoms with van der Waals surface area (Å²) < 4.78 is 31.0. The van der Waals surface area contributed by atoms with Crippen molar-refractivity contribution in [1.29, 1.82) is 0 Å². The second-order valence-corrected chi connectivity index (χ2v) is 17.1. The first-order valence-corrected chi connectivity index (χ1v) is 17.5. The number of fused-ring (bicyclic) bond motifs is 5. The number of amides is 1. The molecular formula is C32H57NO4S. The van der Waals surface area contributed by atoms with E-state index in [0.717, 1.165) is 55.3 Å². The molecule has 38 heavy (non-hydrogen) atoms. The van der Waals surface area contributed by atoms with Crippen LogP contribution in [0, 0.1) is 46.3 Å². The van der Waals surface area contributed by atoms with Gasteiger partial charge in [-0.25, -0.2) is 0 Å². The Labute approximate surface area is 233 Å². The van der Waals surface area contributed by atoms with Crippen LogP contribution in [0.3, 0.4) is 0 Å². The summed E-state index contributed by atoms with van der Waals surface area (Å²) in [5.41, 5.74) is 1.07. The van der Waals surface area contributed by atoms with Gasteiger partial charge in [-0.1, -0.05) is 46.5 Å². The van der Waals surface area contributed by atoms with Gasteiger partial charge in [-0.15, -0.1) is 0 Å². The lowest BCUT2D eigenvalue weighted by molar-refractivity contribution is -0.122. The first-order valence-electron chi connectivity index (χ1n) is 16.0. The van der Waals surface area contributed by atoms with E-state index in [1.54, 1.807) is 13.8 Å². The van der Waals surface area contributed by atoms with Crippen LogP contribution in [0.1, 0.15) is 137 Å². The average Bonchev–Trinajstić information content (AvgIpc) is 3.21. The van der Waals surface area contributed by atoms with E-state index in [4.69, 9.17) is 0 Å². The number of carbonyl (C=O) groups excluding carboxylic acids is 1. The van der Waals surface area contributed by atoms with Crippen LogP contribution >= 0.6 is 0 Å². The predicted molar refractivity (Wildman–Crippen MR) is 155 cm³/mol. The molecule has 0 heterocycles. The molecule has 1 amide bonds. The Morgan fingerprint density at radius 2 is 1.68 bits per heavy atom. The van der Waals surface area contributed by atoms with Gasteiger partial charge in [-0.2, -0.15) is 8.42 Å². The van der Waals surface area contributed by atoms with Crippen LogP contribution in [0.5, 0.6) is 0 Å². The zero-order valence-electron chi connectivity index (χ0n) is 25.1. The Bertz CT molecular complexity index is 932. The molecule has 4 rings (SSSR count). The number of nitrogens with one attached hydrogen (secondary N) is 1. The molecule has 0 spiro atoms. The molecule has 8 atom stereocenters. The molecule has 0 aliphatic heterocycles. The molecule has 4 aliphatic rings. The van der Waals surface area contributed by atoms with Crippen molar-refractivity contribution in [3.63, 3.8) is 0 Å². The van der Waals surface area contributed by atoms with Crippen molar-refractivity contribution in [2.45, 2.75) is 142 Å². The van der Waals surface area contributed by atoms with Crippen molar-refractivity contribution in [2.24, 2.45) is 46.3 Å². The molecule has 5 nitrogen and oxygen atoms in total. The van der Waals surface area contributed by atoms with Crippen molar-refractivity contribution in [3.8, 4) is 0 Å². The number of unbranched alkanes of at least 4 members (excludes halogenated alkanes) is 2. The summed E-state index contributed by atoms with van der Waals surface area (Å²) in [7, 11) is -4.03. The minimum Gasteiger partial charge on any atom is -0.356 e. The van der Waals surface area contributed by atoms with Crippen LogP contribution < -0.4 is 5.32 Å². The van der Waals surface area contributed by atoms with Gasteiger partial charge in [-0.05, 0) is 131 Å². The number of carbonyl (C=O) groups is 1. The van der Waals surface area contributed by atoms with Crippen LogP contribution in [0.15, 0.2) is 0 Å². The Kier molecular flexibility index (Phi) is 9.34. The van der Waals surface area contributed by atoms with E-state index in [2.05, 4.69) is 26.1 Å². The lowest BCUT2D eigenvalue weighted by Crippen LogP contribution is -2.53. The third-order valence-corrected chi connectivity index (χ3v) is 14.2. The largest absolute Gasteiger partial charge is 0.356 e. The van der Waals surface area contributed by atoms with Gasteiger partial charge in [0.25, 0.3) is 10.1 Å². The fraction of sp³-hybridized carbons (Fsp3) is 0.969. The molecule has 0 aromatic carbocycles. The molecule has 0 radical (unpaired) electrons. The van der Waals surface area contributed by atoms with Gasteiger partial charge >= 0.3 is 0 Å². The number of hydrogen-bond donors (Lipinski definition) is 2. The Morgan fingerprint density at radius 1 is 0.947 bits per heavy atom. The maximum Gasteiger partial charge on any atom is 0.270 e. The third-order valence-electron chi connectivity index (χ3n) is 12.6. The molecule has 4 unspecified atom stereocenters. The summed E-state index contributed by atoms with van der Waals surface area (Å²) in [4.78, 5) is 12.6. The SMILES string of the molecule is C[C@H](CCC(=O)NCCCCCC(C)(C)S(=O)(=O)O)[C@H]1CCC2C3CCC4CCCC[C@]4(C)C3CC[C@@]21C. The zero-order valence-corrected chi connectivity index (χ0v) is 25.9. The van der Waals surface area contributed by atoms with E-state index in [9.17, 15) is 17.8 Å². The number of rotatable bonds is 11. The van der Waals surface area contributed by atoms with Crippen LogP contribution in [0.4, 0.5) is 0 Å².